The first-order valence-electron chi connectivity index (χ1n) is 6.50. The molecule has 1 fully saturated rings. The Bertz CT molecular complexity index is 601. The average Bonchev–Trinajstić information content (AvgIpc) is 3.09. The number of hydrogen-bond donors (Lipinski definition) is 1. The van der Waals surface area contributed by atoms with E-state index in [0.29, 0.717) is 5.82 Å². The van der Waals surface area contributed by atoms with Gasteiger partial charge in [0.15, 0.2) is 10.9 Å². The third-order valence-corrected chi connectivity index (χ3v) is 4.05. The number of aromatic nitrogens is 3. The fourth-order valence-electron chi connectivity index (χ4n) is 2.50. The largest absolute Gasteiger partial charge is 0.334 e. The van der Waals surface area contributed by atoms with Crippen molar-refractivity contribution in [3.8, 4) is 0 Å². The number of rotatable bonds is 3. The van der Waals surface area contributed by atoms with Crippen LogP contribution in [0.25, 0.3) is 0 Å². The summed E-state index contributed by atoms with van der Waals surface area (Å²) in [5, 5.41) is 5.86. The fourth-order valence-corrected chi connectivity index (χ4v) is 3.03. The lowest BCUT2D eigenvalue weighted by molar-refractivity contribution is -0.129. The van der Waals surface area contributed by atoms with Crippen LogP contribution in [0.5, 0.6) is 0 Å². The van der Waals surface area contributed by atoms with Gasteiger partial charge >= 0.3 is 0 Å². The third-order valence-electron chi connectivity index (χ3n) is 3.36. The van der Waals surface area contributed by atoms with E-state index in [2.05, 4.69) is 20.3 Å². The number of nitrogens with one attached hydrogen (secondary N) is 1. The molecule has 1 atom stereocenters. The highest BCUT2D eigenvalue weighted by Gasteiger charge is 2.31. The highest BCUT2D eigenvalue weighted by Crippen LogP contribution is 2.34. The second-order valence-corrected chi connectivity index (χ2v) is 5.52. The summed E-state index contributed by atoms with van der Waals surface area (Å²) in [7, 11) is 0. The van der Waals surface area contributed by atoms with Gasteiger partial charge < -0.3 is 10.2 Å². The average molecular weight is 289 g/mol. The van der Waals surface area contributed by atoms with Crippen LogP contribution >= 0.6 is 11.3 Å². The molecule has 7 heteroatoms. The lowest BCUT2D eigenvalue weighted by Gasteiger charge is -2.23. The summed E-state index contributed by atoms with van der Waals surface area (Å²) >= 11 is 1.51. The normalized spacial score (nSPS) is 18.2. The van der Waals surface area contributed by atoms with E-state index in [0.717, 1.165) is 30.2 Å². The summed E-state index contributed by atoms with van der Waals surface area (Å²) in [6, 6.07) is 0.00339. The first-order valence-corrected chi connectivity index (χ1v) is 7.38. The van der Waals surface area contributed by atoms with Gasteiger partial charge in [-0.25, -0.2) is 9.97 Å². The Balaban J connectivity index is 1.91. The second kappa shape index (κ2) is 5.54. The molecule has 0 aromatic carbocycles. The predicted octanol–water partition coefficient (Wildman–Crippen LogP) is 2.36. The van der Waals surface area contributed by atoms with Crippen molar-refractivity contribution in [1.29, 1.82) is 0 Å². The summed E-state index contributed by atoms with van der Waals surface area (Å²) in [5.74, 6) is 0.763. The minimum absolute atomic E-state index is 0.00339. The highest BCUT2D eigenvalue weighted by molar-refractivity contribution is 7.13. The molecule has 2 aromatic rings. The Morgan fingerprint density at radius 2 is 2.20 bits per heavy atom. The van der Waals surface area contributed by atoms with Crippen molar-refractivity contribution in [1.82, 2.24) is 19.9 Å². The van der Waals surface area contributed by atoms with E-state index in [-0.39, 0.29) is 11.9 Å². The van der Waals surface area contributed by atoms with Gasteiger partial charge in [0.2, 0.25) is 5.91 Å². The zero-order chi connectivity index (χ0) is 13.9. The lowest BCUT2D eigenvalue weighted by Crippen LogP contribution is -2.29. The molecule has 20 heavy (non-hydrogen) atoms. The van der Waals surface area contributed by atoms with Crippen molar-refractivity contribution in [2.75, 3.05) is 11.9 Å². The number of thiazole rings is 1. The van der Waals surface area contributed by atoms with Crippen molar-refractivity contribution in [3.63, 3.8) is 0 Å². The molecule has 3 heterocycles. The molecule has 104 valence electrons. The molecule has 1 unspecified atom stereocenters. The Labute approximate surface area is 120 Å². The minimum atomic E-state index is 0.00339. The van der Waals surface area contributed by atoms with Crippen molar-refractivity contribution in [3.05, 3.63) is 29.7 Å². The van der Waals surface area contributed by atoms with Gasteiger partial charge in [0.05, 0.1) is 6.04 Å². The first-order chi connectivity index (χ1) is 9.75. The summed E-state index contributed by atoms with van der Waals surface area (Å²) in [6.45, 7) is 2.38. The number of hydrogen-bond acceptors (Lipinski definition) is 6. The van der Waals surface area contributed by atoms with E-state index in [1.54, 1.807) is 25.5 Å². The number of carbonyl (C=O) groups is 1. The van der Waals surface area contributed by atoms with Crippen LogP contribution in [-0.2, 0) is 4.79 Å². The maximum Gasteiger partial charge on any atom is 0.220 e. The van der Waals surface area contributed by atoms with Crippen LogP contribution < -0.4 is 5.32 Å². The van der Waals surface area contributed by atoms with Gasteiger partial charge in [0, 0.05) is 37.4 Å². The molecule has 2 aromatic heterocycles. The third kappa shape index (κ3) is 2.49. The van der Waals surface area contributed by atoms with E-state index in [1.807, 2.05) is 10.3 Å². The van der Waals surface area contributed by atoms with Crippen LogP contribution in [0.3, 0.4) is 0 Å². The lowest BCUT2D eigenvalue weighted by atomic mass is 10.1. The van der Waals surface area contributed by atoms with Gasteiger partial charge in [-0.1, -0.05) is 0 Å². The summed E-state index contributed by atoms with van der Waals surface area (Å²) in [4.78, 5) is 26.5. The van der Waals surface area contributed by atoms with Crippen LogP contribution in [0.15, 0.2) is 24.0 Å². The van der Waals surface area contributed by atoms with E-state index >= 15 is 0 Å². The van der Waals surface area contributed by atoms with Crippen LogP contribution in [0.1, 0.15) is 31.5 Å². The molecule has 6 nitrogen and oxygen atoms in total. The second-order valence-electron chi connectivity index (χ2n) is 4.62. The molecule has 1 aliphatic rings. The summed E-state index contributed by atoms with van der Waals surface area (Å²) in [5.41, 5.74) is 0.815. The van der Waals surface area contributed by atoms with E-state index in [1.165, 1.54) is 11.3 Å². The van der Waals surface area contributed by atoms with Crippen LogP contribution in [0.2, 0.25) is 0 Å². The maximum absolute atomic E-state index is 11.7. The first kappa shape index (κ1) is 13.0. The standard InChI is InChI=1S/C13H15N5OS/c1-9(19)18-7-2-3-10(18)11-12(15-5-4-14-11)17-13-16-6-8-20-13/h4-6,8,10H,2-3,7H2,1H3,(H,15,16,17). The Morgan fingerprint density at radius 1 is 1.35 bits per heavy atom. The molecule has 0 radical (unpaired) electrons. The Hall–Kier alpha value is -2.02. The Kier molecular flexibility index (Phi) is 3.60. The number of nitrogens with zero attached hydrogens (tertiary/aromatic N) is 4. The highest BCUT2D eigenvalue weighted by atomic mass is 32.1. The van der Waals surface area contributed by atoms with Crippen molar-refractivity contribution < 1.29 is 4.79 Å². The minimum Gasteiger partial charge on any atom is -0.334 e. The Morgan fingerprint density at radius 3 is 2.95 bits per heavy atom. The predicted molar refractivity (Wildman–Crippen MR) is 76.8 cm³/mol. The quantitative estimate of drug-likeness (QED) is 0.939. The van der Waals surface area contributed by atoms with Crippen LogP contribution in [-0.4, -0.2) is 32.3 Å². The molecule has 1 aliphatic heterocycles. The monoisotopic (exact) mass is 289 g/mol. The molecular weight excluding hydrogens is 274 g/mol. The summed E-state index contributed by atoms with van der Waals surface area (Å²) < 4.78 is 0. The van der Waals surface area contributed by atoms with Gasteiger partial charge in [0.25, 0.3) is 0 Å². The van der Waals surface area contributed by atoms with E-state index in [4.69, 9.17) is 0 Å². The molecule has 3 rings (SSSR count). The van der Waals surface area contributed by atoms with Gasteiger partial charge in [-0.15, -0.1) is 11.3 Å². The molecule has 0 bridgehead atoms. The number of likely N-dealkylation sites (tertiary alicyclic amines) is 1. The van der Waals surface area contributed by atoms with Crippen molar-refractivity contribution in [2.24, 2.45) is 0 Å². The fraction of sp³-hybridized carbons (Fsp3) is 0.385. The van der Waals surface area contributed by atoms with Crippen LogP contribution in [0.4, 0.5) is 10.9 Å². The number of amides is 1. The molecule has 1 N–H and O–H groups in total. The summed E-state index contributed by atoms with van der Waals surface area (Å²) in [6.07, 6.45) is 6.97. The van der Waals surface area contributed by atoms with Gasteiger partial charge in [-0.05, 0) is 12.8 Å². The molecule has 1 amide bonds. The smallest absolute Gasteiger partial charge is 0.220 e. The molecule has 0 aliphatic carbocycles. The molecule has 1 saturated heterocycles. The van der Waals surface area contributed by atoms with Crippen LogP contribution in [0, 0.1) is 0 Å². The SMILES string of the molecule is CC(=O)N1CCCC1c1nccnc1Nc1nccs1. The molecule has 0 spiro atoms. The van der Waals surface area contributed by atoms with Gasteiger partial charge in [0.1, 0.15) is 5.69 Å². The van der Waals surface area contributed by atoms with E-state index < -0.39 is 0 Å². The number of anilines is 2. The van der Waals surface area contributed by atoms with E-state index in [9.17, 15) is 4.79 Å². The zero-order valence-electron chi connectivity index (χ0n) is 11.1. The molecule has 0 saturated carbocycles. The van der Waals surface area contributed by atoms with Crippen molar-refractivity contribution >= 4 is 28.2 Å². The van der Waals surface area contributed by atoms with Gasteiger partial charge in [-0.3, -0.25) is 9.78 Å². The topological polar surface area (TPSA) is 71.0 Å². The molecular formula is C13H15N5OS. The number of carbonyl (C=O) groups excluding carboxylic acids is 1. The van der Waals surface area contributed by atoms with Gasteiger partial charge in [-0.2, -0.15) is 0 Å². The maximum atomic E-state index is 11.7. The van der Waals surface area contributed by atoms with Crippen molar-refractivity contribution in [2.45, 2.75) is 25.8 Å². The zero-order valence-corrected chi connectivity index (χ0v) is 11.9.